The highest BCUT2D eigenvalue weighted by atomic mass is 16.2. The molecule has 0 aromatic rings. The van der Waals surface area contributed by atoms with Crippen LogP contribution in [-0.2, 0) is 4.79 Å². The Bertz CT molecular complexity index is 318. The van der Waals surface area contributed by atoms with Crippen molar-refractivity contribution < 1.29 is 4.79 Å². The number of hydrogen-bond donors (Lipinski definition) is 2. The molecule has 0 spiro atoms. The van der Waals surface area contributed by atoms with Gasteiger partial charge in [0, 0.05) is 19.6 Å². The number of nitrogens with one attached hydrogen (secondary N) is 2. The summed E-state index contributed by atoms with van der Waals surface area (Å²) in [5, 5.41) is 6.57. The molecule has 2 atom stereocenters. The van der Waals surface area contributed by atoms with Crippen LogP contribution in [0.2, 0.25) is 0 Å². The highest BCUT2D eigenvalue weighted by Gasteiger charge is 2.43. The number of nitrogens with zero attached hydrogens (tertiary/aromatic N) is 1. The topological polar surface area (TPSA) is 44.4 Å². The van der Waals surface area contributed by atoms with Gasteiger partial charge in [-0.3, -0.25) is 4.79 Å². The minimum Gasteiger partial charge on any atom is -0.355 e. The average Bonchev–Trinajstić information content (AvgIpc) is 3.07. The van der Waals surface area contributed by atoms with Crippen LogP contribution in [0.5, 0.6) is 0 Å². The minimum atomic E-state index is -0.187. The molecule has 0 aromatic heterocycles. The van der Waals surface area contributed by atoms with Crippen molar-refractivity contribution in [1.29, 1.82) is 0 Å². The second-order valence-corrected chi connectivity index (χ2v) is 7.06. The van der Waals surface area contributed by atoms with Gasteiger partial charge in [0.15, 0.2) is 0 Å². The molecule has 20 heavy (non-hydrogen) atoms. The highest BCUT2D eigenvalue weighted by molar-refractivity contribution is 5.83. The van der Waals surface area contributed by atoms with Crippen LogP contribution in [0, 0.1) is 17.3 Å². The summed E-state index contributed by atoms with van der Waals surface area (Å²) < 4.78 is 0. The lowest BCUT2D eigenvalue weighted by Crippen LogP contribution is -2.47. The van der Waals surface area contributed by atoms with Crippen LogP contribution >= 0.6 is 0 Å². The van der Waals surface area contributed by atoms with Gasteiger partial charge in [-0.25, -0.2) is 0 Å². The zero-order chi connectivity index (χ0) is 14.6. The van der Waals surface area contributed by atoms with Gasteiger partial charge in [-0.05, 0) is 50.7 Å². The Morgan fingerprint density at radius 3 is 2.55 bits per heavy atom. The fourth-order valence-corrected chi connectivity index (χ4v) is 3.57. The van der Waals surface area contributed by atoms with E-state index in [1.165, 1.54) is 25.9 Å². The van der Waals surface area contributed by atoms with Crippen molar-refractivity contribution in [2.75, 3.05) is 39.3 Å². The maximum Gasteiger partial charge on any atom is 0.227 e. The van der Waals surface area contributed by atoms with Gasteiger partial charge < -0.3 is 15.5 Å². The molecule has 2 N–H and O–H groups in total. The van der Waals surface area contributed by atoms with Crippen molar-refractivity contribution >= 4 is 5.91 Å². The molecule has 2 heterocycles. The summed E-state index contributed by atoms with van der Waals surface area (Å²) >= 11 is 0. The van der Waals surface area contributed by atoms with Crippen LogP contribution in [0.3, 0.4) is 0 Å². The Labute approximate surface area is 123 Å². The Morgan fingerprint density at radius 2 is 2.00 bits per heavy atom. The summed E-state index contributed by atoms with van der Waals surface area (Å²) in [5.41, 5.74) is -0.187. The Morgan fingerprint density at radius 1 is 1.30 bits per heavy atom. The molecule has 1 amide bonds. The van der Waals surface area contributed by atoms with Gasteiger partial charge in [-0.2, -0.15) is 0 Å². The highest BCUT2D eigenvalue weighted by Crippen LogP contribution is 2.34. The fraction of sp³-hybridized carbons (Fsp3) is 0.938. The van der Waals surface area contributed by atoms with E-state index in [9.17, 15) is 4.79 Å². The van der Waals surface area contributed by atoms with E-state index in [0.717, 1.165) is 32.6 Å². The average molecular weight is 281 g/mol. The van der Waals surface area contributed by atoms with Gasteiger partial charge in [0.1, 0.15) is 0 Å². The number of carbonyl (C=O) groups is 1. The lowest BCUT2D eigenvalue weighted by Gasteiger charge is -2.32. The van der Waals surface area contributed by atoms with Gasteiger partial charge in [-0.15, -0.1) is 0 Å². The quantitative estimate of drug-likeness (QED) is 0.775. The standard InChI is InChI=1S/C16H31N3O/c1-13(2)16(6-7-17-12-16)15(20)18-10-14(3)11-19-8-4-5-9-19/h13-14,17H,4-12H2,1-3H3,(H,18,20). The maximum absolute atomic E-state index is 12.6. The van der Waals surface area contributed by atoms with Crippen LogP contribution in [-0.4, -0.2) is 50.1 Å². The predicted octanol–water partition coefficient (Wildman–Crippen LogP) is 1.47. The van der Waals surface area contributed by atoms with E-state index in [2.05, 4.69) is 36.3 Å². The third kappa shape index (κ3) is 3.53. The van der Waals surface area contributed by atoms with Crippen molar-refractivity contribution in [2.45, 2.75) is 40.0 Å². The molecular formula is C16H31N3O. The summed E-state index contributed by atoms with van der Waals surface area (Å²) in [7, 11) is 0. The monoisotopic (exact) mass is 281 g/mol. The van der Waals surface area contributed by atoms with Crippen LogP contribution in [0.25, 0.3) is 0 Å². The number of amides is 1. The third-order valence-electron chi connectivity index (χ3n) is 5.13. The third-order valence-corrected chi connectivity index (χ3v) is 5.13. The summed E-state index contributed by atoms with van der Waals surface area (Å²) in [6.07, 6.45) is 3.64. The maximum atomic E-state index is 12.6. The van der Waals surface area contributed by atoms with Crippen LogP contribution in [0.1, 0.15) is 40.0 Å². The second-order valence-electron chi connectivity index (χ2n) is 7.06. The number of likely N-dealkylation sites (tertiary alicyclic amines) is 1. The first-order valence-electron chi connectivity index (χ1n) is 8.26. The van der Waals surface area contributed by atoms with Gasteiger partial charge in [-0.1, -0.05) is 20.8 Å². The minimum absolute atomic E-state index is 0.187. The van der Waals surface area contributed by atoms with Crippen molar-refractivity contribution in [3.05, 3.63) is 0 Å². The molecule has 0 aliphatic carbocycles. The predicted molar refractivity (Wildman–Crippen MR) is 82.6 cm³/mol. The lowest BCUT2D eigenvalue weighted by molar-refractivity contribution is -0.132. The van der Waals surface area contributed by atoms with E-state index >= 15 is 0 Å². The molecule has 0 aromatic carbocycles. The molecule has 0 radical (unpaired) electrons. The molecule has 2 aliphatic rings. The summed E-state index contributed by atoms with van der Waals surface area (Å²) in [6.45, 7) is 12.8. The number of rotatable bonds is 6. The normalized spacial score (nSPS) is 29.0. The number of hydrogen-bond acceptors (Lipinski definition) is 3. The van der Waals surface area contributed by atoms with Crippen molar-refractivity contribution in [1.82, 2.24) is 15.5 Å². The summed E-state index contributed by atoms with van der Waals surface area (Å²) in [6, 6.07) is 0. The molecule has 2 aliphatic heterocycles. The molecule has 116 valence electrons. The van der Waals surface area contributed by atoms with Crippen molar-refractivity contribution in [3.63, 3.8) is 0 Å². The molecule has 0 saturated carbocycles. The first kappa shape index (κ1) is 15.8. The summed E-state index contributed by atoms with van der Waals surface area (Å²) in [4.78, 5) is 15.1. The molecule has 0 bridgehead atoms. The smallest absolute Gasteiger partial charge is 0.227 e. The molecule has 2 fully saturated rings. The molecule has 2 saturated heterocycles. The van der Waals surface area contributed by atoms with E-state index < -0.39 is 0 Å². The summed E-state index contributed by atoms with van der Waals surface area (Å²) in [5.74, 6) is 1.19. The first-order valence-corrected chi connectivity index (χ1v) is 8.26. The van der Waals surface area contributed by atoms with E-state index in [1.54, 1.807) is 0 Å². The van der Waals surface area contributed by atoms with E-state index in [4.69, 9.17) is 0 Å². The van der Waals surface area contributed by atoms with Gasteiger partial charge in [0.25, 0.3) is 0 Å². The van der Waals surface area contributed by atoms with Crippen LogP contribution in [0.15, 0.2) is 0 Å². The van der Waals surface area contributed by atoms with Crippen molar-refractivity contribution in [3.8, 4) is 0 Å². The first-order chi connectivity index (χ1) is 9.54. The number of carbonyl (C=O) groups excluding carboxylic acids is 1. The fourth-order valence-electron chi connectivity index (χ4n) is 3.57. The molecule has 2 rings (SSSR count). The van der Waals surface area contributed by atoms with E-state index in [0.29, 0.717) is 11.8 Å². The zero-order valence-corrected chi connectivity index (χ0v) is 13.4. The second kappa shape index (κ2) is 6.90. The molecule has 4 heteroatoms. The van der Waals surface area contributed by atoms with Gasteiger partial charge in [0.05, 0.1) is 5.41 Å². The van der Waals surface area contributed by atoms with Crippen molar-refractivity contribution in [2.24, 2.45) is 17.3 Å². The zero-order valence-electron chi connectivity index (χ0n) is 13.4. The van der Waals surface area contributed by atoms with Crippen LogP contribution < -0.4 is 10.6 Å². The van der Waals surface area contributed by atoms with Crippen LogP contribution in [0.4, 0.5) is 0 Å². The van der Waals surface area contributed by atoms with E-state index in [1.807, 2.05) is 0 Å². The Hall–Kier alpha value is -0.610. The lowest BCUT2D eigenvalue weighted by atomic mass is 9.75. The van der Waals surface area contributed by atoms with E-state index in [-0.39, 0.29) is 11.3 Å². The Kier molecular flexibility index (Phi) is 5.44. The molecular weight excluding hydrogens is 250 g/mol. The largest absolute Gasteiger partial charge is 0.355 e. The molecule has 2 unspecified atom stereocenters. The molecule has 4 nitrogen and oxygen atoms in total. The SMILES string of the molecule is CC(CNC(=O)C1(C(C)C)CCNC1)CN1CCCC1. The van der Waals surface area contributed by atoms with Gasteiger partial charge in [0.2, 0.25) is 5.91 Å². The van der Waals surface area contributed by atoms with Gasteiger partial charge >= 0.3 is 0 Å². The Balaban J connectivity index is 1.78.